The second-order valence-electron chi connectivity index (χ2n) is 5.21. The second-order valence-corrected chi connectivity index (χ2v) is 5.21. The molecule has 2 bridgehead atoms. The molecule has 0 amide bonds. The average Bonchev–Trinajstić information content (AvgIpc) is 3.03. The third-order valence-corrected chi connectivity index (χ3v) is 3.51. The van der Waals surface area contributed by atoms with Gasteiger partial charge >= 0.3 is 0 Å². The number of aldehydes is 1. The molecule has 2 aliphatic heterocycles. The van der Waals surface area contributed by atoms with Gasteiger partial charge in [-0.15, -0.1) is 0 Å². The van der Waals surface area contributed by atoms with E-state index in [1.807, 2.05) is 0 Å². The molecule has 0 spiro atoms. The van der Waals surface area contributed by atoms with Gasteiger partial charge in [0.05, 0.1) is 13.2 Å². The van der Waals surface area contributed by atoms with Crippen LogP contribution in [0.25, 0.3) is 0 Å². The van der Waals surface area contributed by atoms with E-state index in [1.54, 1.807) is 0 Å². The van der Waals surface area contributed by atoms with Gasteiger partial charge in [0.1, 0.15) is 48.8 Å². The first-order valence-corrected chi connectivity index (χ1v) is 6.84. The highest BCUT2D eigenvalue weighted by Gasteiger charge is 2.48. The predicted octanol–water partition coefficient (Wildman–Crippen LogP) is -5.55. The zero-order chi connectivity index (χ0) is 17.7. The van der Waals surface area contributed by atoms with Crippen molar-refractivity contribution >= 4 is 6.29 Å². The van der Waals surface area contributed by atoms with Crippen LogP contribution in [0.15, 0.2) is 0 Å². The maximum Gasteiger partial charge on any atom is 0.186 e. The Balaban J connectivity index is 0.000000230. The van der Waals surface area contributed by atoms with E-state index in [4.69, 9.17) is 40.1 Å². The van der Waals surface area contributed by atoms with Gasteiger partial charge in [-0.3, -0.25) is 0 Å². The number of fused-ring (bicyclic) bond motifs is 2. The van der Waals surface area contributed by atoms with E-state index in [0.29, 0.717) is 0 Å². The largest absolute Gasteiger partial charge is 0.394 e. The van der Waals surface area contributed by atoms with Crippen LogP contribution in [-0.4, -0.2) is 115 Å². The summed E-state index contributed by atoms with van der Waals surface area (Å²) in [5.74, 6) is 0. The van der Waals surface area contributed by atoms with E-state index in [2.05, 4.69) is 0 Å². The SMILES string of the molecule is O=C[C@H](O)[C@@H](O)[C@H](O)[C@H](O)CO.O[C@@H]1[C@@H](O)[C@@H]2OC[C@@H](O2)[C@H]1O. The van der Waals surface area contributed by atoms with Gasteiger partial charge in [0.15, 0.2) is 12.6 Å². The summed E-state index contributed by atoms with van der Waals surface area (Å²) in [4.78, 5) is 9.90. The van der Waals surface area contributed by atoms with Gasteiger partial charge in [0, 0.05) is 0 Å². The lowest BCUT2D eigenvalue weighted by Crippen LogP contribution is -2.53. The first kappa shape index (κ1) is 20.3. The number of carbonyl (C=O) groups is 1. The summed E-state index contributed by atoms with van der Waals surface area (Å²) in [6.07, 6.45) is -11.4. The van der Waals surface area contributed by atoms with Crippen LogP contribution in [0.2, 0.25) is 0 Å². The number of carbonyl (C=O) groups excluding carboxylic acids is 1. The molecule has 0 radical (unpaired) electrons. The molecule has 0 aromatic carbocycles. The Kier molecular flexibility index (Phi) is 7.89. The molecule has 11 heteroatoms. The zero-order valence-corrected chi connectivity index (χ0v) is 12.0. The molecule has 2 aliphatic rings. The summed E-state index contributed by atoms with van der Waals surface area (Å²) in [6, 6.07) is 0. The van der Waals surface area contributed by atoms with Crippen LogP contribution in [0.3, 0.4) is 0 Å². The Hall–Kier alpha value is -0.730. The van der Waals surface area contributed by atoms with Gasteiger partial charge in [-0.1, -0.05) is 0 Å². The molecule has 0 aromatic heterocycles. The number of hydrogen-bond acceptors (Lipinski definition) is 11. The van der Waals surface area contributed by atoms with E-state index in [9.17, 15) is 15.0 Å². The van der Waals surface area contributed by atoms with E-state index < -0.39 is 61.7 Å². The van der Waals surface area contributed by atoms with Gasteiger partial charge in [-0.25, -0.2) is 0 Å². The zero-order valence-electron chi connectivity index (χ0n) is 12.0. The van der Waals surface area contributed by atoms with Crippen LogP contribution in [0.5, 0.6) is 0 Å². The molecule has 2 fully saturated rings. The fraction of sp³-hybridized carbons (Fsp3) is 0.917. The van der Waals surface area contributed by atoms with Crippen LogP contribution in [0, 0.1) is 0 Å². The Morgan fingerprint density at radius 2 is 1.61 bits per heavy atom. The van der Waals surface area contributed by atoms with Gasteiger partial charge < -0.3 is 55.1 Å². The van der Waals surface area contributed by atoms with Crippen molar-refractivity contribution in [2.75, 3.05) is 13.2 Å². The lowest BCUT2D eigenvalue weighted by Gasteiger charge is -2.32. The Morgan fingerprint density at radius 3 is 2.13 bits per heavy atom. The van der Waals surface area contributed by atoms with E-state index in [0.717, 1.165) is 0 Å². The first-order valence-electron chi connectivity index (χ1n) is 6.84. The minimum atomic E-state index is -1.79. The molecule has 2 heterocycles. The fourth-order valence-electron chi connectivity index (χ4n) is 2.00. The molecule has 2 rings (SSSR count). The van der Waals surface area contributed by atoms with Crippen molar-refractivity contribution in [3.63, 3.8) is 0 Å². The number of ether oxygens (including phenoxy) is 2. The van der Waals surface area contributed by atoms with Crippen molar-refractivity contribution in [3.05, 3.63) is 0 Å². The lowest BCUT2D eigenvalue weighted by molar-refractivity contribution is -0.228. The highest BCUT2D eigenvalue weighted by molar-refractivity contribution is 5.56. The summed E-state index contributed by atoms with van der Waals surface area (Å²) in [7, 11) is 0. The molecule has 9 atom stereocenters. The standard InChI is InChI=1S/C6H12O6.C6H10O5/c7-1-3(9)5(11)6(12)4(10)2-8;7-3-2-1-10-6(11-2)5(9)4(3)8/h1,3-6,8-12H,2H2;2-9H,1H2/t3-,4+,5+,6+;2-,3-,4+,5-,6-/m01/s1. The topological polar surface area (TPSA) is 197 Å². The van der Waals surface area contributed by atoms with Crippen molar-refractivity contribution in [2.45, 2.75) is 55.1 Å². The maximum atomic E-state index is 9.90. The Labute approximate surface area is 130 Å². The van der Waals surface area contributed by atoms with Crippen molar-refractivity contribution < 1.29 is 55.1 Å². The smallest absolute Gasteiger partial charge is 0.186 e. The third-order valence-electron chi connectivity index (χ3n) is 3.51. The lowest BCUT2D eigenvalue weighted by atomic mass is 10.0. The van der Waals surface area contributed by atoms with Crippen molar-refractivity contribution in [1.82, 2.24) is 0 Å². The maximum absolute atomic E-state index is 9.90. The molecule has 136 valence electrons. The molecule has 23 heavy (non-hydrogen) atoms. The average molecular weight is 342 g/mol. The molecule has 8 N–H and O–H groups in total. The summed E-state index contributed by atoms with van der Waals surface area (Å²) < 4.78 is 9.95. The van der Waals surface area contributed by atoms with Crippen LogP contribution < -0.4 is 0 Å². The molecule has 0 unspecified atom stereocenters. The van der Waals surface area contributed by atoms with Crippen LogP contribution in [0.1, 0.15) is 0 Å². The summed E-state index contributed by atoms with van der Waals surface area (Å²) in [6.45, 7) is -0.524. The monoisotopic (exact) mass is 342 g/mol. The fourth-order valence-corrected chi connectivity index (χ4v) is 2.00. The molecule has 0 saturated carbocycles. The highest BCUT2D eigenvalue weighted by Crippen LogP contribution is 2.27. The van der Waals surface area contributed by atoms with Gasteiger partial charge in [-0.2, -0.15) is 0 Å². The molecular formula is C12H22O11. The Bertz CT molecular complexity index is 347. The molecule has 11 nitrogen and oxygen atoms in total. The normalized spacial score (nSPS) is 38.0. The Morgan fingerprint density at radius 1 is 1.00 bits per heavy atom. The van der Waals surface area contributed by atoms with E-state index in [1.165, 1.54) is 0 Å². The molecule has 0 aromatic rings. The second kappa shape index (κ2) is 8.94. The van der Waals surface area contributed by atoms with Crippen molar-refractivity contribution in [3.8, 4) is 0 Å². The molecule has 2 saturated heterocycles. The quantitative estimate of drug-likeness (QED) is 0.222. The highest BCUT2D eigenvalue weighted by atomic mass is 16.7. The van der Waals surface area contributed by atoms with Gasteiger partial charge in [-0.05, 0) is 0 Å². The van der Waals surface area contributed by atoms with Gasteiger partial charge in [0.2, 0.25) is 0 Å². The van der Waals surface area contributed by atoms with Gasteiger partial charge in [0.25, 0.3) is 0 Å². The van der Waals surface area contributed by atoms with Crippen LogP contribution >= 0.6 is 0 Å². The predicted molar refractivity (Wildman–Crippen MR) is 69.8 cm³/mol. The summed E-state index contributed by atoms with van der Waals surface area (Å²) in [5.41, 5.74) is 0. The minimum Gasteiger partial charge on any atom is -0.394 e. The minimum absolute atomic E-state index is 0.0258. The summed E-state index contributed by atoms with van der Waals surface area (Å²) >= 11 is 0. The van der Waals surface area contributed by atoms with E-state index >= 15 is 0 Å². The number of rotatable bonds is 5. The first-order chi connectivity index (χ1) is 10.7. The number of aliphatic hydroxyl groups is 8. The number of aliphatic hydroxyl groups excluding tert-OH is 8. The van der Waals surface area contributed by atoms with E-state index in [-0.39, 0.29) is 12.9 Å². The van der Waals surface area contributed by atoms with Crippen molar-refractivity contribution in [2.24, 2.45) is 0 Å². The summed E-state index contributed by atoms with van der Waals surface area (Å²) in [5, 5.41) is 71.1. The molecular weight excluding hydrogens is 320 g/mol. The van der Waals surface area contributed by atoms with Crippen LogP contribution in [-0.2, 0) is 14.3 Å². The van der Waals surface area contributed by atoms with Crippen molar-refractivity contribution in [1.29, 1.82) is 0 Å². The van der Waals surface area contributed by atoms with Crippen LogP contribution in [0.4, 0.5) is 0 Å². The molecule has 0 aliphatic carbocycles. The number of hydrogen-bond donors (Lipinski definition) is 8. The third kappa shape index (κ3) is 4.87.